The van der Waals surface area contributed by atoms with Crippen LogP contribution in [0.2, 0.25) is 0 Å². The second-order valence-electron chi connectivity index (χ2n) is 7.89. The van der Waals surface area contributed by atoms with Gasteiger partial charge in [-0.2, -0.15) is 0 Å². The highest BCUT2D eigenvalue weighted by Crippen LogP contribution is 2.22. The molecule has 1 atom stereocenters. The van der Waals surface area contributed by atoms with Crippen LogP contribution in [0.3, 0.4) is 0 Å². The normalized spacial score (nSPS) is 19.5. The summed E-state index contributed by atoms with van der Waals surface area (Å²) in [6.45, 7) is 2.53. The van der Waals surface area contributed by atoms with Crippen LogP contribution in [0.1, 0.15) is 36.0 Å². The third kappa shape index (κ3) is 5.19. The smallest absolute Gasteiger partial charge is 0.253 e. The monoisotopic (exact) mass is 408 g/mol. The van der Waals surface area contributed by atoms with Gasteiger partial charge < -0.3 is 19.7 Å². The standard InChI is InChI=1S/C24H28N2O4/c27-23(25-20-5-2-1-3-6-20)18-12-14-26(15-13-18)24(28)19-8-10-21(11-9-19)30-17-22-7-4-16-29-22/h1-3,5-6,8-11,18,22H,4,7,12-17H2,(H,25,27)/t22-/m0/s1. The summed E-state index contributed by atoms with van der Waals surface area (Å²) in [5, 5.41) is 2.96. The van der Waals surface area contributed by atoms with Crippen LogP contribution < -0.4 is 10.1 Å². The number of para-hydroxylation sites is 1. The predicted octanol–water partition coefficient (Wildman–Crippen LogP) is 3.74. The maximum Gasteiger partial charge on any atom is 0.253 e. The van der Waals surface area contributed by atoms with E-state index in [9.17, 15) is 9.59 Å². The van der Waals surface area contributed by atoms with Crippen molar-refractivity contribution in [3.63, 3.8) is 0 Å². The number of rotatable bonds is 6. The lowest BCUT2D eigenvalue weighted by Gasteiger charge is -2.31. The Bertz CT molecular complexity index is 839. The molecule has 0 aromatic heterocycles. The summed E-state index contributed by atoms with van der Waals surface area (Å²) in [5.74, 6) is 0.713. The largest absolute Gasteiger partial charge is 0.491 e. The van der Waals surface area contributed by atoms with E-state index in [1.54, 1.807) is 12.1 Å². The number of hydrogen-bond acceptors (Lipinski definition) is 4. The molecule has 2 aromatic rings. The number of ether oxygens (including phenoxy) is 2. The van der Waals surface area contributed by atoms with Gasteiger partial charge >= 0.3 is 0 Å². The van der Waals surface area contributed by atoms with E-state index in [4.69, 9.17) is 9.47 Å². The number of carbonyl (C=O) groups excluding carboxylic acids is 2. The number of hydrogen-bond donors (Lipinski definition) is 1. The summed E-state index contributed by atoms with van der Waals surface area (Å²) in [4.78, 5) is 27.1. The average Bonchev–Trinajstić information content (AvgIpc) is 3.32. The van der Waals surface area contributed by atoms with Crippen molar-refractivity contribution in [2.75, 3.05) is 31.6 Å². The number of benzene rings is 2. The first kappa shape index (κ1) is 20.4. The molecule has 2 saturated heterocycles. The predicted molar refractivity (Wildman–Crippen MR) is 115 cm³/mol. The molecule has 2 aliphatic rings. The fraction of sp³-hybridized carbons (Fsp3) is 0.417. The van der Waals surface area contributed by atoms with Gasteiger partial charge in [0.15, 0.2) is 0 Å². The number of nitrogens with zero attached hydrogens (tertiary/aromatic N) is 1. The molecule has 0 bridgehead atoms. The van der Waals surface area contributed by atoms with Gasteiger partial charge in [0.2, 0.25) is 5.91 Å². The summed E-state index contributed by atoms with van der Waals surface area (Å²) in [5.41, 5.74) is 1.45. The fourth-order valence-electron chi connectivity index (χ4n) is 3.95. The van der Waals surface area contributed by atoms with E-state index in [2.05, 4.69) is 5.32 Å². The lowest BCUT2D eigenvalue weighted by Crippen LogP contribution is -2.41. The van der Waals surface area contributed by atoms with E-state index in [-0.39, 0.29) is 23.8 Å². The SMILES string of the molecule is O=C(Nc1ccccc1)C1CCN(C(=O)c2ccc(OC[C@@H]3CCCO3)cc2)CC1. The molecule has 2 aromatic carbocycles. The van der Waals surface area contributed by atoms with Crippen molar-refractivity contribution in [2.24, 2.45) is 5.92 Å². The summed E-state index contributed by atoms with van der Waals surface area (Å²) >= 11 is 0. The highest BCUT2D eigenvalue weighted by Gasteiger charge is 2.28. The summed E-state index contributed by atoms with van der Waals surface area (Å²) in [6, 6.07) is 16.8. The van der Waals surface area contributed by atoms with E-state index >= 15 is 0 Å². The molecule has 2 fully saturated rings. The Labute approximate surface area is 177 Å². The molecule has 2 aliphatic heterocycles. The van der Waals surface area contributed by atoms with Crippen molar-refractivity contribution in [2.45, 2.75) is 31.8 Å². The lowest BCUT2D eigenvalue weighted by atomic mass is 9.95. The Balaban J connectivity index is 1.25. The van der Waals surface area contributed by atoms with Crippen molar-refractivity contribution in [3.05, 3.63) is 60.2 Å². The molecule has 1 N–H and O–H groups in total. The summed E-state index contributed by atoms with van der Waals surface area (Å²) < 4.78 is 11.3. The van der Waals surface area contributed by atoms with Crippen LogP contribution in [0.5, 0.6) is 5.75 Å². The second-order valence-corrected chi connectivity index (χ2v) is 7.89. The minimum Gasteiger partial charge on any atom is -0.491 e. The molecule has 30 heavy (non-hydrogen) atoms. The highest BCUT2D eigenvalue weighted by atomic mass is 16.5. The molecule has 0 saturated carbocycles. The molecule has 4 rings (SSSR count). The topological polar surface area (TPSA) is 67.9 Å². The highest BCUT2D eigenvalue weighted by molar-refractivity contribution is 5.95. The number of anilines is 1. The fourth-order valence-corrected chi connectivity index (χ4v) is 3.95. The molecule has 6 nitrogen and oxygen atoms in total. The minimum atomic E-state index is -0.0668. The van der Waals surface area contributed by atoms with Gasteiger partial charge in [0.25, 0.3) is 5.91 Å². The van der Waals surface area contributed by atoms with Crippen LogP contribution in [-0.2, 0) is 9.53 Å². The first-order valence-electron chi connectivity index (χ1n) is 10.7. The van der Waals surface area contributed by atoms with Gasteiger partial charge in [0.1, 0.15) is 12.4 Å². The maximum atomic E-state index is 12.8. The molecular formula is C24H28N2O4. The van der Waals surface area contributed by atoms with Gasteiger partial charge in [0.05, 0.1) is 6.10 Å². The van der Waals surface area contributed by atoms with Crippen LogP contribution in [-0.4, -0.2) is 49.1 Å². The lowest BCUT2D eigenvalue weighted by molar-refractivity contribution is -0.121. The number of amides is 2. The molecule has 0 aliphatic carbocycles. The molecule has 0 radical (unpaired) electrons. The van der Waals surface area contributed by atoms with Gasteiger partial charge in [-0.1, -0.05) is 18.2 Å². The Morgan fingerprint density at radius 1 is 1.00 bits per heavy atom. The zero-order valence-electron chi connectivity index (χ0n) is 17.1. The van der Waals surface area contributed by atoms with E-state index in [0.717, 1.165) is 30.9 Å². The van der Waals surface area contributed by atoms with Crippen LogP contribution in [0.4, 0.5) is 5.69 Å². The van der Waals surface area contributed by atoms with E-state index in [1.165, 1.54) is 0 Å². The first-order chi connectivity index (χ1) is 14.7. The third-order valence-corrected chi connectivity index (χ3v) is 5.76. The van der Waals surface area contributed by atoms with Crippen LogP contribution in [0.15, 0.2) is 54.6 Å². The summed E-state index contributed by atoms with van der Waals surface area (Å²) in [7, 11) is 0. The Kier molecular flexibility index (Phi) is 6.64. The zero-order valence-corrected chi connectivity index (χ0v) is 17.1. The zero-order chi connectivity index (χ0) is 20.8. The number of likely N-dealkylation sites (tertiary alicyclic amines) is 1. The quantitative estimate of drug-likeness (QED) is 0.791. The van der Waals surface area contributed by atoms with Gasteiger partial charge in [-0.25, -0.2) is 0 Å². The number of carbonyl (C=O) groups is 2. The Morgan fingerprint density at radius 2 is 1.73 bits per heavy atom. The Hall–Kier alpha value is -2.86. The van der Waals surface area contributed by atoms with Gasteiger partial charge in [-0.15, -0.1) is 0 Å². The van der Waals surface area contributed by atoms with E-state index in [0.29, 0.717) is 38.1 Å². The molecule has 6 heteroatoms. The molecule has 0 spiro atoms. The van der Waals surface area contributed by atoms with Crippen LogP contribution >= 0.6 is 0 Å². The Morgan fingerprint density at radius 3 is 2.40 bits per heavy atom. The second kappa shape index (κ2) is 9.76. The van der Waals surface area contributed by atoms with Crippen LogP contribution in [0.25, 0.3) is 0 Å². The van der Waals surface area contributed by atoms with E-state index < -0.39 is 0 Å². The molecule has 2 amide bonds. The molecule has 0 unspecified atom stereocenters. The third-order valence-electron chi connectivity index (χ3n) is 5.76. The minimum absolute atomic E-state index is 0.00240. The summed E-state index contributed by atoms with van der Waals surface area (Å²) in [6.07, 6.45) is 3.65. The first-order valence-corrected chi connectivity index (χ1v) is 10.7. The van der Waals surface area contributed by atoms with Gasteiger partial charge in [-0.3, -0.25) is 9.59 Å². The number of nitrogens with one attached hydrogen (secondary N) is 1. The molecule has 2 heterocycles. The van der Waals surface area contributed by atoms with E-state index in [1.807, 2.05) is 47.4 Å². The van der Waals surface area contributed by atoms with Crippen LogP contribution in [0, 0.1) is 5.92 Å². The van der Waals surface area contributed by atoms with Crippen molar-refractivity contribution in [3.8, 4) is 5.75 Å². The van der Waals surface area contributed by atoms with Crippen molar-refractivity contribution in [1.29, 1.82) is 0 Å². The van der Waals surface area contributed by atoms with Crippen molar-refractivity contribution < 1.29 is 19.1 Å². The maximum absolute atomic E-state index is 12.8. The average molecular weight is 408 g/mol. The number of piperidine rings is 1. The molecular weight excluding hydrogens is 380 g/mol. The molecule has 158 valence electrons. The van der Waals surface area contributed by atoms with Crippen molar-refractivity contribution in [1.82, 2.24) is 4.90 Å². The van der Waals surface area contributed by atoms with Gasteiger partial charge in [0, 0.05) is 36.9 Å². The van der Waals surface area contributed by atoms with Crippen molar-refractivity contribution >= 4 is 17.5 Å². The van der Waals surface area contributed by atoms with Gasteiger partial charge in [-0.05, 0) is 62.1 Å².